The molecular formula is C10H9N3O2. The Labute approximate surface area is 86.0 Å². The fourth-order valence-corrected chi connectivity index (χ4v) is 1.31. The number of carbonyl (C=O) groups is 1. The van der Waals surface area contributed by atoms with Gasteiger partial charge in [0.1, 0.15) is 18.6 Å². The zero-order valence-corrected chi connectivity index (χ0v) is 7.87. The lowest BCUT2D eigenvalue weighted by Gasteiger charge is -2.03. The Bertz CT molecular complexity index is 465. The van der Waals surface area contributed by atoms with Crippen molar-refractivity contribution < 1.29 is 9.90 Å². The molecule has 0 saturated heterocycles. The molecule has 0 unspecified atom stereocenters. The maximum Gasteiger partial charge on any atom is 0.311 e. The predicted molar refractivity (Wildman–Crippen MR) is 52.7 cm³/mol. The Kier molecular flexibility index (Phi) is 2.45. The van der Waals surface area contributed by atoms with Crippen LogP contribution in [0.1, 0.15) is 5.82 Å². The van der Waals surface area contributed by atoms with E-state index in [1.807, 2.05) is 30.3 Å². The highest BCUT2D eigenvalue weighted by atomic mass is 16.4. The molecule has 1 N–H and O–H groups in total. The van der Waals surface area contributed by atoms with E-state index in [0.717, 1.165) is 5.69 Å². The van der Waals surface area contributed by atoms with Crippen LogP contribution in [0, 0.1) is 0 Å². The predicted octanol–water partition coefficient (Wildman–Crippen LogP) is 0.894. The average Bonchev–Trinajstić information content (AvgIpc) is 2.66. The fourth-order valence-electron chi connectivity index (χ4n) is 1.31. The monoisotopic (exact) mass is 203 g/mol. The highest BCUT2D eigenvalue weighted by Gasteiger charge is 2.09. The Morgan fingerprint density at radius 1 is 1.33 bits per heavy atom. The van der Waals surface area contributed by atoms with Gasteiger partial charge >= 0.3 is 5.97 Å². The van der Waals surface area contributed by atoms with Gasteiger partial charge in [-0.25, -0.2) is 9.67 Å². The number of benzene rings is 1. The second kappa shape index (κ2) is 3.91. The van der Waals surface area contributed by atoms with Crippen molar-refractivity contribution >= 4 is 5.97 Å². The number of nitrogens with zero attached hydrogens (tertiary/aromatic N) is 3. The number of carboxylic acid groups (broad SMARTS) is 1. The normalized spacial score (nSPS) is 10.1. The first-order valence-corrected chi connectivity index (χ1v) is 4.43. The highest BCUT2D eigenvalue weighted by molar-refractivity contribution is 5.69. The molecule has 5 heteroatoms. The van der Waals surface area contributed by atoms with E-state index >= 15 is 0 Å². The number of carboxylic acids is 1. The molecule has 2 rings (SSSR count). The Morgan fingerprint density at radius 2 is 2.07 bits per heavy atom. The molecule has 1 aromatic heterocycles. The maximum atomic E-state index is 10.6. The van der Waals surface area contributed by atoms with Crippen LogP contribution in [0.5, 0.6) is 0 Å². The van der Waals surface area contributed by atoms with Crippen molar-refractivity contribution in [1.29, 1.82) is 0 Å². The average molecular weight is 203 g/mol. The first-order valence-electron chi connectivity index (χ1n) is 4.43. The molecule has 15 heavy (non-hydrogen) atoms. The molecule has 2 aromatic rings. The van der Waals surface area contributed by atoms with Crippen molar-refractivity contribution in [2.75, 3.05) is 0 Å². The molecule has 0 aliphatic rings. The molecule has 0 atom stereocenters. The summed E-state index contributed by atoms with van der Waals surface area (Å²) in [7, 11) is 0. The summed E-state index contributed by atoms with van der Waals surface area (Å²) < 4.78 is 1.52. The van der Waals surface area contributed by atoms with Gasteiger partial charge in [-0.2, -0.15) is 5.10 Å². The molecule has 0 amide bonds. The minimum atomic E-state index is -0.916. The minimum Gasteiger partial charge on any atom is -0.481 e. The van der Waals surface area contributed by atoms with Crippen molar-refractivity contribution in [3.8, 4) is 5.69 Å². The van der Waals surface area contributed by atoms with E-state index in [1.54, 1.807) is 0 Å². The van der Waals surface area contributed by atoms with Crippen molar-refractivity contribution in [3.63, 3.8) is 0 Å². The number of rotatable bonds is 3. The molecule has 0 saturated carbocycles. The van der Waals surface area contributed by atoms with Crippen LogP contribution in [0.15, 0.2) is 36.7 Å². The number of para-hydroxylation sites is 1. The van der Waals surface area contributed by atoms with Gasteiger partial charge in [0.25, 0.3) is 0 Å². The minimum absolute atomic E-state index is 0.130. The van der Waals surface area contributed by atoms with Crippen LogP contribution in [-0.4, -0.2) is 25.8 Å². The molecule has 0 aliphatic heterocycles. The SMILES string of the molecule is O=C(O)Cc1ncnn1-c1ccccc1. The molecule has 5 nitrogen and oxygen atoms in total. The van der Waals surface area contributed by atoms with Crippen LogP contribution in [0.25, 0.3) is 5.69 Å². The van der Waals surface area contributed by atoms with Gasteiger partial charge in [-0.15, -0.1) is 0 Å². The number of hydrogen-bond acceptors (Lipinski definition) is 3. The Morgan fingerprint density at radius 3 is 2.73 bits per heavy atom. The van der Waals surface area contributed by atoms with Crippen LogP contribution in [-0.2, 0) is 11.2 Å². The van der Waals surface area contributed by atoms with E-state index < -0.39 is 5.97 Å². The lowest BCUT2D eigenvalue weighted by atomic mass is 10.3. The third kappa shape index (κ3) is 2.01. The summed E-state index contributed by atoms with van der Waals surface area (Å²) in [6.07, 6.45) is 1.22. The topological polar surface area (TPSA) is 68.0 Å². The Balaban J connectivity index is 2.37. The molecule has 0 aliphatic carbocycles. The largest absolute Gasteiger partial charge is 0.481 e. The third-order valence-corrected chi connectivity index (χ3v) is 1.93. The number of hydrogen-bond donors (Lipinski definition) is 1. The number of aromatic nitrogens is 3. The highest BCUT2D eigenvalue weighted by Crippen LogP contribution is 2.07. The third-order valence-electron chi connectivity index (χ3n) is 1.93. The zero-order chi connectivity index (χ0) is 10.7. The summed E-state index contributed by atoms with van der Waals surface area (Å²) in [5.41, 5.74) is 0.811. The van der Waals surface area contributed by atoms with Gasteiger partial charge in [0.05, 0.1) is 5.69 Å². The smallest absolute Gasteiger partial charge is 0.311 e. The van der Waals surface area contributed by atoms with Gasteiger partial charge in [0.2, 0.25) is 0 Å². The van der Waals surface area contributed by atoms with Crippen molar-refractivity contribution in [2.24, 2.45) is 0 Å². The summed E-state index contributed by atoms with van der Waals surface area (Å²) in [4.78, 5) is 14.5. The van der Waals surface area contributed by atoms with Crippen LogP contribution in [0.3, 0.4) is 0 Å². The summed E-state index contributed by atoms with van der Waals surface area (Å²) in [5, 5.41) is 12.7. The summed E-state index contributed by atoms with van der Waals surface area (Å²) in [6, 6.07) is 9.31. The van der Waals surface area contributed by atoms with Crippen molar-refractivity contribution in [3.05, 3.63) is 42.5 Å². The van der Waals surface area contributed by atoms with Crippen LogP contribution < -0.4 is 0 Å². The van der Waals surface area contributed by atoms with Crippen molar-refractivity contribution in [2.45, 2.75) is 6.42 Å². The van der Waals surface area contributed by atoms with Crippen molar-refractivity contribution in [1.82, 2.24) is 14.8 Å². The van der Waals surface area contributed by atoms with Gasteiger partial charge in [-0.3, -0.25) is 4.79 Å². The first-order chi connectivity index (χ1) is 7.27. The lowest BCUT2D eigenvalue weighted by molar-refractivity contribution is -0.136. The molecule has 0 radical (unpaired) electrons. The van der Waals surface area contributed by atoms with Gasteiger partial charge in [-0.05, 0) is 12.1 Å². The Hall–Kier alpha value is -2.17. The standard InChI is InChI=1S/C10H9N3O2/c14-10(15)6-9-11-7-12-13(9)8-4-2-1-3-5-8/h1-5,7H,6H2,(H,14,15). The summed E-state index contributed by atoms with van der Waals surface area (Å²) in [5.74, 6) is -0.492. The first kappa shape index (κ1) is 9.39. The molecular weight excluding hydrogens is 194 g/mol. The van der Waals surface area contributed by atoms with Gasteiger partial charge in [0, 0.05) is 0 Å². The summed E-state index contributed by atoms with van der Waals surface area (Å²) >= 11 is 0. The molecule has 1 heterocycles. The van der Waals surface area contributed by atoms with E-state index in [9.17, 15) is 4.79 Å². The molecule has 0 fully saturated rings. The second-order valence-corrected chi connectivity index (χ2v) is 2.99. The zero-order valence-electron chi connectivity index (χ0n) is 7.87. The van der Waals surface area contributed by atoms with Gasteiger partial charge in [0.15, 0.2) is 0 Å². The van der Waals surface area contributed by atoms with Gasteiger partial charge < -0.3 is 5.11 Å². The van der Waals surface area contributed by atoms with E-state index in [-0.39, 0.29) is 6.42 Å². The van der Waals surface area contributed by atoms with Crippen LogP contribution >= 0.6 is 0 Å². The molecule has 76 valence electrons. The van der Waals surface area contributed by atoms with Crippen LogP contribution in [0.4, 0.5) is 0 Å². The second-order valence-electron chi connectivity index (χ2n) is 2.99. The molecule has 0 spiro atoms. The van der Waals surface area contributed by atoms with E-state index in [0.29, 0.717) is 5.82 Å². The van der Waals surface area contributed by atoms with E-state index in [2.05, 4.69) is 10.1 Å². The lowest BCUT2D eigenvalue weighted by Crippen LogP contribution is -2.08. The summed E-state index contributed by atoms with van der Waals surface area (Å²) in [6.45, 7) is 0. The van der Waals surface area contributed by atoms with Crippen LogP contribution in [0.2, 0.25) is 0 Å². The number of aliphatic carboxylic acids is 1. The van der Waals surface area contributed by atoms with E-state index in [1.165, 1.54) is 11.0 Å². The fraction of sp³-hybridized carbons (Fsp3) is 0.100. The quantitative estimate of drug-likeness (QED) is 0.804. The van der Waals surface area contributed by atoms with Gasteiger partial charge in [-0.1, -0.05) is 18.2 Å². The maximum absolute atomic E-state index is 10.6. The molecule has 1 aromatic carbocycles. The van der Waals surface area contributed by atoms with E-state index in [4.69, 9.17) is 5.11 Å². The molecule has 0 bridgehead atoms.